The summed E-state index contributed by atoms with van der Waals surface area (Å²) in [5, 5.41) is 6.54. The van der Waals surface area contributed by atoms with Crippen LogP contribution in [0.3, 0.4) is 0 Å². The van der Waals surface area contributed by atoms with Gasteiger partial charge in [-0.2, -0.15) is 0 Å². The number of nitrogens with one attached hydrogen (secondary N) is 2. The Balaban J connectivity index is 1.98. The van der Waals surface area contributed by atoms with Crippen molar-refractivity contribution in [2.45, 2.75) is 18.8 Å². The summed E-state index contributed by atoms with van der Waals surface area (Å²) in [7, 11) is 0. The minimum atomic E-state index is -4.64. The van der Waals surface area contributed by atoms with Crippen LogP contribution in [0.15, 0.2) is 24.3 Å². The topological polar surface area (TPSA) is 33.3 Å². The lowest BCUT2D eigenvalue weighted by atomic mass is 10.0. The minimum Gasteiger partial charge on any atom is -0.406 e. The molecule has 2 N–H and O–H groups in total. The van der Waals surface area contributed by atoms with E-state index in [0.717, 1.165) is 25.2 Å². The average Bonchev–Trinajstić information content (AvgIpc) is 2.28. The molecule has 1 aliphatic rings. The van der Waals surface area contributed by atoms with Crippen molar-refractivity contribution in [3.63, 3.8) is 0 Å². The van der Waals surface area contributed by atoms with Gasteiger partial charge in [0, 0.05) is 25.7 Å². The smallest absolute Gasteiger partial charge is 0.406 e. The van der Waals surface area contributed by atoms with Gasteiger partial charge in [0.1, 0.15) is 5.75 Å². The Labute approximate surface area is 103 Å². The summed E-state index contributed by atoms with van der Waals surface area (Å²) in [4.78, 5) is 0. The molecule has 0 spiro atoms. The van der Waals surface area contributed by atoms with Crippen molar-refractivity contribution in [1.82, 2.24) is 10.6 Å². The molecule has 0 unspecified atom stereocenters. The number of hydrogen-bond donors (Lipinski definition) is 2. The monoisotopic (exact) mass is 260 g/mol. The summed E-state index contributed by atoms with van der Waals surface area (Å²) in [6.45, 7) is 2.63. The lowest BCUT2D eigenvalue weighted by molar-refractivity contribution is -0.274. The largest absolute Gasteiger partial charge is 0.573 e. The van der Waals surface area contributed by atoms with Crippen LogP contribution in [-0.2, 0) is 6.42 Å². The third-order valence-corrected chi connectivity index (χ3v) is 2.74. The Kier molecular flexibility index (Phi) is 4.08. The molecule has 0 amide bonds. The Morgan fingerprint density at radius 2 is 2.11 bits per heavy atom. The predicted octanol–water partition coefficient (Wildman–Crippen LogP) is 1.69. The average molecular weight is 260 g/mol. The van der Waals surface area contributed by atoms with Crippen LogP contribution in [0.1, 0.15) is 5.56 Å². The molecule has 100 valence electrons. The second-order valence-corrected chi connectivity index (χ2v) is 4.25. The van der Waals surface area contributed by atoms with E-state index in [-0.39, 0.29) is 11.8 Å². The van der Waals surface area contributed by atoms with Crippen LogP contribution in [0.2, 0.25) is 0 Å². The van der Waals surface area contributed by atoms with Crippen molar-refractivity contribution in [2.75, 3.05) is 19.6 Å². The van der Waals surface area contributed by atoms with Crippen molar-refractivity contribution in [3.05, 3.63) is 29.8 Å². The van der Waals surface area contributed by atoms with Crippen LogP contribution in [0, 0.1) is 0 Å². The molecular weight excluding hydrogens is 245 g/mol. The zero-order valence-electron chi connectivity index (χ0n) is 9.76. The summed E-state index contributed by atoms with van der Waals surface area (Å²) in [5.74, 6) is -0.163. The normalized spacial score (nSPS) is 20.7. The van der Waals surface area contributed by atoms with E-state index in [2.05, 4.69) is 15.4 Å². The zero-order valence-corrected chi connectivity index (χ0v) is 9.76. The molecule has 1 saturated heterocycles. The van der Waals surface area contributed by atoms with Crippen molar-refractivity contribution < 1.29 is 17.9 Å². The minimum absolute atomic E-state index is 0.163. The first-order chi connectivity index (χ1) is 8.53. The van der Waals surface area contributed by atoms with Gasteiger partial charge in [-0.15, -0.1) is 13.2 Å². The molecular formula is C12H15F3N2O. The van der Waals surface area contributed by atoms with Crippen molar-refractivity contribution in [2.24, 2.45) is 0 Å². The van der Waals surface area contributed by atoms with Gasteiger partial charge in [-0.1, -0.05) is 12.1 Å². The lowest BCUT2D eigenvalue weighted by Gasteiger charge is -2.24. The molecule has 6 heteroatoms. The van der Waals surface area contributed by atoms with E-state index < -0.39 is 6.36 Å². The van der Waals surface area contributed by atoms with E-state index in [1.54, 1.807) is 12.1 Å². The van der Waals surface area contributed by atoms with Crippen LogP contribution >= 0.6 is 0 Å². The van der Waals surface area contributed by atoms with Gasteiger partial charge in [0.2, 0.25) is 0 Å². The number of ether oxygens (including phenoxy) is 1. The highest BCUT2D eigenvalue weighted by Gasteiger charge is 2.31. The maximum atomic E-state index is 12.1. The van der Waals surface area contributed by atoms with Gasteiger partial charge in [0.25, 0.3) is 0 Å². The highest BCUT2D eigenvalue weighted by molar-refractivity contribution is 5.29. The van der Waals surface area contributed by atoms with Crippen molar-refractivity contribution in [3.8, 4) is 5.75 Å². The van der Waals surface area contributed by atoms with E-state index >= 15 is 0 Å². The van der Waals surface area contributed by atoms with E-state index in [9.17, 15) is 13.2 Å². The summed E-state index contributed by atoms with van der Waals surface area (Å²) < 4.78 is 40.2. The molecule has 0 aliphatic carbocycles. The Morgan fingerprint density at radius 1 is 1.28 bits per heavy atom. The second kappa shape index (κ2) is 5.58. The SMILES string of the molecule is FC(F)(F)Oc1cccc(C[C@H]2CNCCN2)c1. The molecule has 0 bridgehead atoms. The molecule has 0 saturated carbocycles. The fourth-order valence-electron chi connectivity index (χ4n) is 2.01. The molecule has 2 rings (SSSR count). The fourth-order valence-corrected chi connectivity index (χ4v) is 2.01. The van der Waals surface area contributed by atoms with Crippen LogP contribution in [-0.4, -0.2) is 32.0 Å². The molecule has 1 aromatic carbocycles. The Morgan fingerprint density at radius 3 is 2.78 bits per heavy atom. The number of hydrogen-bond acceptors (Lipinski definition) is 3. The third kappa shape index (κ3) is 4.19. The summed E-state index contributed by atoms with van der Waals surface area (Å²) in [6.07, 6.45) is -3.95. The van der Waals surface area contributed by atoms with Crippen molar-refractivity contribution in [1.29, 1.82) is 0 Å². The third-order valence-electron chi connectivity index (χ3n) is 2.74. The molecule has 1 heterocycles. The number of rotatable bonds is 3. The molecule has 3 nitrogen and oxygen atoms in total. The van der Waals surface area contributed by atoms with Gasteiger partial charge in [0.15, 0.2) is 0 Å². The van der Waals surface area contributed by atoms with Gasteiger partial charge < -0.3 is 15.4 Å². The molecule has 1 aliphatic heterocycles. The molecule has 1 fully saturated rings. The second-order valence-electron chi connectivity index (χ2n) is 4.25. The van der Waals surface area contributed by atoms with E-state index in [1.165, 1.54) is 12.1 Å². The van der Waals surface area contributed by atoms with Gasteiger partial charge >= 0.3 is 6.36 Å². The van der Waals surface area contributed by atoms with Crippen LogP contribution in [0.4, 0.5) is 13.2 Å². The fraction of sp³-hybridized carbons (Fsp3) is 0.500. The number of alkyl halides is 3. The van der Waals surface area contributed by atoms with E-state index in [0.29, 0.717) is 6.42 Å². The quantitative estimate of drug-likeness (QED) is 0.867. The van der Waals surface area contributed by atoms with Crippen molar-refractivity contribution >= 4 is 0 Å². The highest BCUT2D eigenvalue weighted by Crippen LogP contribution is 2.23. The molecule has 0 radical (unpaired) electrons. The molecule has 18 heavy (non-hydrogen) atoms. The van der Waals surface area contributed by atoms with Crippen LogP contribution < -0.4 is 15.4 Å². The Bertz CT molecular complexity index is 389. The first kappa shape index (κ1) is 13.2. The zero-order chi connectivity index (χ0) is 13.0. The predicted molar refractivity (Wildman–Crippen MR) is 61.5 cm³/mol. The molecule has 1 atom stereocenters. The van der Waals surface area contributed by atoms with Crippen LogP contribution in [0.5, 0.6) is 5.75 Å². The van der Waals surface area contributed by atoms with E-state index in [4.69, 9.17) is 0 Å². The Hall–Kier alpha value is -1.27. The molecule has 1 aromatic rings. The first-order valence-electron chi connectivity index (χ1n) is 5.82. The summed E-state index contributed by atoms with van der Waals surface area (Å²) >= 11 is 0. The highest BCUT2D eigenvalue weighted by atomic mass is 19.4. The summed E-state index contributed by atoms with van der Waals surface area (Å²) in [5.41, 5.74) is 0.831. The van der Waals surface area contributed by atoms with Gasteiger partial charge in [0.05, 0.1) is 0 Å². The summed E-state index contributed by atoms with van der Waals surface area (Å²) in [6, 6.07) is 6.37. The standard InChI is InChI=1S/C12H15F3N2O/c13-12(14,15)18-11-3-1-2-9(7-11)6-10-8-16-4-5-17-10/h1-3,7,10,16-17H,4-6,8H2/t10-/m0/s1. The lowest BCUT2D eigenvalue weighted by Crippen LogP contribution is -2.49. The maximum absolute atomic E-state index is 12.1. The number of halogens is 3. The van der Waals surface area contributed by atoms with Crippen LogP contribution in [0.25, 0.3) is 0 Å². The van der Waals surface area contributed by atoms with Gasteiger partial charge in [-0.05, 0) is 24.1 Å². The number of benzene rings is 1. The maximum Gasteiger partial charge on any atom is 0.573 e. The molecule has 0 aromatic heterocycles. The number of piperazine rings is 1. The van der Waals surface area contributed by atoms with Gasteiger partial charge in [-0.3, -0.25) is 0 Å². The first-order valence-corrected chi connectivity index (χ1v) is 5.82. The van der Waals surface area contributed by atoms with E-state index in [1.807, 2.05) is 0 Å². The van der Waals surface area contributed by atoms with Gasteiger partial charge in [-0.25, -0.2) is 0 Å².